The van der Waals surface area contributed by atoms with Gasteiger partial charge in [-0.25, -0.2) is 4.79 Å². The van der Waals surface area contributed by atoms with E-state index in [9.17, 15) is 4.79 Å². The van der Waals surface area contributed by atoms with Gasteiger partial charge < -0.3 is 15.2 Å². The Kier molecular flexibility index (Phi) is 5.08. The highest BCUT2D eigenvalue weighted by Crippen LogP contribution is 2.36. The van der Waals surface area contributed by atoms with Crippen LogP contribution in [0.1, 0.15) is 11.1 Å². The highest BCUT2D eigenvalue weighted by Gasteiger charge is 2.13. The van der Waals surface area contributed by atoms with Crippen LogP contribution in [0.4, 0.5) is 4.79 Å². The molecule has 6 heteroatoms. The third-order valence-electron chi connectivity index (χ3n) is 2.30. The van der Waals surface area contributed by atoms with Crippen molar-refractivity contribution in [2.45, 2.75) is 13.3 Å². The predicted octanol–water partition coefficient (Wildman–Crippen LogP) is 3.06. The molecule has 0 aromatic heterocycles. The molecule has 1 amide bonds. The Balaban J connectivity index is 2.94. The van der Waals surface area contributed by atoms with Crippen LogP contribution in [0, 0.1) is 6.92 Å². The number of halogens is 2. The van der Waals surface area contributed by atoms with Crippen LogP contribution in [-0.2, 0) is 11.2 Å². The first-order valence-corrected chi connectivity index (χ1v) is 6.08. The molecule has 17 heavy (non-hydrogen) atoms. The monoisotopic (exact) mass is 321 g/mol. The molecule has 0 saturated heterocycles. The second-order valence-electron chi connectivity index (χ2n) is 3.41. The van der Waals surface area contributed by atoms with Crippen molar-refractivity contribution >= 4 is 33.6 Å². The summed E-state index contributed by atoms with van der Waals surface area (Å²) in [6.07, 6.45) is -0.300. The number of carbonyl (C=O) groups excluding carboxylic acids is 1. The maximum absolute atomic E-state index is 10.5. The van der Waals surface area contributed by atoms with Crippen LogP contribution in [0.3, 0.4) is 0 Å². The molecule has 2 N–H and O–H groups in total. The van der Waals surface area contributed by atoms with Crippen molar-refractivity contribution in [3.05, 3.63) is 26.7 Å². The van der Waals surface area contributed by atoms with Crippen molar-refractivity contribution in [3.8, 4) is 5.75 Å². The molecule has 0 aliphatic carbocycles. The second-order valence-corrected chi connectivity index (χ2v) is 4.61. The number of amides is 1. The fraction of sp³-hybridized carbons (Fsp3) is 0.364. The van der Waals surface area contributed by atoms with Crippen molar-refractivity contribution in [3.63, 3.8) is 0 Å². The molecule has 0 aliphatic rings. The van der Waals surface area contributed by atoms with Crippen molar-refractivity contribution in [2.75, 3.05) is 13.7 Å². The number of hydrogen-bond donors (Lipinski definition) is 1. The summed E-state index contributed by atoms with van der Waals surface area (Å²) in [6.45, 7) is 2.08. The van der Waals surface area contributed by atoms with E-state index in [0.29, 0.717) is 17.2 Å². The van der Waals surface area contributed by atoms with E-state index in [1.165, 1.54) is 0 Å². The van der Waals surface area contributed by atoms with E-state index in [1.807, 2.05) is 6.92 Å². The number of primary amides is 1. The average molecular weight is 323 g/mol. The summed E-state index contributed by atoms with van der Waals surface area (Å²) in [5.41, 5.74) is 6.65. The van der Waals surface area contributed by atoms with Gasteiger partial charge in [-0.2, -0.15) is 0 Å². The zero-order valence-electron chi connectivity index (χ0n) is 9.55. The summed E-state index contributed by atoms with van der Waals surface area (Å²) in [4.78, 5) is 10.5. The van der Waals surface area contributed by atoms with Crippen LogP contribution in [0.5, 0.6) is 5.75 Å². The molecule has 1 rings (SSSR count). The minimum absolute atomic E-state index is 0.192. The first-order chi connectivity index (χ1) is 7.97. The first-order valence-electron chi connectivity index (χ1n) is 4.91. The van der Waals surface area contributed by atoms with Gasteiger partial charge in [-0.1, -0.05) is 11.6 Å². The number of ether oxygens (including phenoxy) is 2. The van der Waals surface area contributed by atoms with E-state index in [4.69, 9.17) is 22.1 Å². The van der Waals surface area contributed by atoms with E-state index in [-0.39, 0.29) is 6.61 Å². The SMILES string of the molecule is COc1c(CCOC(N)=O)cc(Cl)c(C)c1Br. The molecule has 0 fully saturated rings. The first kappa shape index (κ1) is 14.1. The van der Waals surface area contributed by atoms with E-state index in [2.05, 4.69) is 20.7 Å². The highest BCUT2D eigenvalue weighted by molar-refractivity contribution is 9.10. The average Bonchev–Trinajstić information content (AvgIpc) is 2.26. The third-order valence-corrected chi connectivity index (χ3v) is 3.65. The summed E-state index contributed by atoms with van der Waals surface area (Å²) in [5.74, 6) is 0.694. The van der Waals surface area contributed by atoms with Crippen molar-refractivity contribution in [2.24, 2.45) is 5.73 Å². The van der Waals surface area contributed by atoms with Crippen molar-refractivity contribution < 1.29 is 14.3 Å². The number of nitrogens with two attached hydrogens (primary N) is 1. The summed E-state index contributed by atoms with van der Waals surface area (Å²) in [5, 5.41) is 0.631. The minimum Gasteiger partial charge on any atom is -0.495 e. The molecule has 0 unspecified atom stereocenters. The van der Waals surface area contributed by atoms with E-state index in [1.54, 1.807) is 13.2 Å². The standard InChI is InChI=1S/C11H13BrClNO3/c1-6-8(13)5-7(3-4-17-11(14)15)10(16-2)9(6)12/h5H,3-4H2,1-2H3,(H2,14,15). The Morgan fingerprint density at radius 2 is 2.24 bits per heavy atom. The van der Waals surface area contributed by atoms with Gasteiger partial charge in [0, 0.05) is 17.0 Å². The van der Waals surface area contributed by atoms with Crippen LogP contribution in [0.2, 0.25) is 5.02 Å². The number of hydrogen-bond acceptors (Lipinski definition) is 3. The molecule has 0 bridgehead atoms. The van der Waals surface area contributed by atoms with E-state index in [0.717, 1.165) is 15.6 Å². The molecular formula is C11H13BrClNO3. The van der Waals surface area contributed by atoms with E-state index >= 15 is 0 Å². The molecule has 0 saturated carbocycles. The molecule has 0 aliphatic heterocycles. The van der Waals surface area contributed by atoms with Gasteiger partial charge in [-0.15, -0.1) is 0 Å². The Bertz CT molecular complexity index is 437. The number of benzene rings is 1. The minimum atomic E-state index is -0.791. The van der Waals surface area contributed by atoms with E-state index < -0.39 is 6.09 Å². The van der Waals surface area contributed by atoms with Gasteiger partial charge in [0.25, 0.3) is 0 Å². The van der Waals surface area contributed by atoms with Gasteiger partial charge in [-0.05, 0) is 34.5 Å². The molecule has 0 spiro atoms. The summed E-state index contributed by atoms with van der Waals surface area (Å²) < 4.78 is 10.8. The summed E-state index contributed by atoms with van der Waals surface area (Å²) in [7, 11) is 1.58. The summed E-state index contributed by atoms with van der Waals surface area (Å²) in [6, 6.07) is 1.80. The third kappa shape index (κ3) is 3.51. The van der Waals surface area contributed by atoms with Crippen LogP contribution in [0.25, 0.3) is 0 Å². The number of rotatable bonds is 4. The predicted molar refractivity (Wildman–Crippen MR) is 69.7 cm³/mol. The lowest BCUT2D eigenvalue weighted by Crippen LogP contribution is -2.15. The largest absolute Gasteiger partial charge is 0.495 e. The molecule has 1 aromatic carbocycles. The Morgan fingerprint density at radius 1 is 1.59 bits per heavy atom. The maximum atomic E-state index is 10.5. The van der Waals surface area contributed by atoms with Gasteiger partial charge in [0.05, 0.1) is 18.2 Å². The number of carbonyl (C=O) groups is 1. The van der Waals surface area contributed by atoms with Gasteiger partial charge in [-0.3, -0.25) is 0 Å². The molecule has 0 atom stereocenters. The van der Waals surface area contributed by atoms with Gasteiger partial charge in [0.2, 0.25) is 0 Å². The topological polar surface area (TPSA) is 61.6 Å². The van der Waals surface area contributed by atoms with Crippen molar-refractivity contribution in [1.82, 2.24) is 0 Å². The normalized spacial score (nSPS) is 10.1. The number of methoxy groups -OCH3 is 1. The Morgan fingerprint density at radius 3 is 2.76 bits per heavy atom. The molecule has 0 radical (unpaired) electrons. The molecule has 4 nitrogen and oxygen atoms in total. The zero-order valence-corrected chi connectivity index (χ0v) is 11.9. The highest BCUT2D eigenvalue weighted by atomic mass is 79.9. The maximum Gasteiger partial charge on any atom is 0.404 e. The smallest absolute Gasteiger partial charge is 0.404 e. The Labute approximate surface area is 113 Å². The second kappa shape index (κ2) is 6.12. The lowest BCUT2D eigenvalue weighted by molar-refractivity contribution is 0.158. The van der Waals surface area contributed by atoms with Gasteiger partial charge in [0.15, 0.2) is 0 Å². The Hall–Kier alpha value is -0.940. The molecular weight excluding hydrogens is 309 g/mol. The molecule has 1 aromatic rings. The van der Waals surface area contributed by atoms with Gasteiger partial charge >= 0.3 is 6.09 Å². The molecule has 0 heterocycles. The van der Waals surface area contributed by atoms with Crippen LogP contribution < -0.4 is 10.5 Å². The van der Waals surface area contributed by atoms with Crippen LogP contribution in [-0.4, -0.2) is 19.8 Å². The lowest BCUT2D eigenvalue weighted by atomic mass is 10.1. The van der Waals surface area contributed by atoms with Crippen LogP contribution >= 0.6 is 27.5 Å². The zero-order chi connectivity index (χ0) is 13.0. The van der Waals surface area contributed by atoms with Crippen molar-refractivity contribution in [1.29, 1.82) is 0 Å². The fourth-order valence-corrected chi connectivity index (χ4v) is 2.38. The van der Waals surface area contributed by atoms with Gasteiger partial charge in [0.1, 0.15) is 5.75 Å². The lowest BCUT2D eigenvalue weighted by Gasteiger charge is -2.13. The quantitative estimate of drug-likeness (QED) is 0.926. The summed E-state index contributed by atoms with van der Waals surface area (Å²) >= 11 is 9.49. The van der Waals surface area contributed by atoms with Crippen LogP contribution in [0.15, 0.2) is 10.5 Å². The molecule has 94 valence electrons. The fourth-order valence-electron chi connectivity index (χ4n) is 1.41.